The maximum atomic E-state index is 13.4. The molecule has 0 N–H and O–H groups in total. The van der Waals surface area contributed by atoms with Crippen molar-refractivity contribution >= 4 is 40.6 Å². The van der Waals surface area contributed by atoms with Crippen LogP contribution in [0.4, 0.5) is 0 Å². The number of halogens is 2. The fourth-order valence-corrected chi connectivity index (χ4v) is 4.03. The Morgan fingerprint density at radius 1 is 0.862 bits per heavy atom. The summed E-state index contributed by atoms with van der Waals surface area (Å²) in [6, 6.07) is 14.3. The number of piperazine rings is 1. The third-order valence-corrected chi connectivity index (χ3v) is 6.00. The number of carbonyl (C=O) groups is 2. The monoisotopic (exact) mass is 429 g/mol. The maximum absolute atomic E-state index is 13.4. The molecule has 1 saturated heterocycles. The van der Waals surface area contributed by atoms with Crippen LogP contribution in [-0.4, -0.2) is 59.7 Å². The van der Waals surface area contributed by atoms with Crippen molar-refractivity contribution in [3.8, 4) is 0 Å². The van der Waals surface area contributed by atoms with Crippen molar-refractivity contribution < 1.29 is 9.59 Å². The second-order valence-corrected chi connectivity index (χ2v) is 8.15. The Balaban J connectivity index is 1.73. The molecule has 0 atom stereocenters. The predicted octanol–water partition coefficient (Wildman–Crippen LogP) is 3.52. The van der Waals surface area contributed by atoms with Crippen LogP contribution in [0, 0.1) is 0 Å². The van der Waals surface area contributed by atoms with Gasteiger partial charge in [0.2, 0.25) is 0 Å². The van der Waals surface area contributed by atoms with Crippen LogP contribution in [0.3, 0.4) is 0 Å². The highest BCUT2D eigenvalue weighted by atomic mass is 35.5. The van der Waals surface area contributed by atoms with E-state index in [-0.39, 0.29) is 18.4 Å². The molecule has 4 rings (SSSR count). The van der Waals surface area contributed by atoms with Crippen LogP contribution < -0.4 is 0 Å². The summed E-state index contributed by atoms with van der Waals surface area (Å²) in [6.07, 6.45) is 0. The number of benzene rings is 2. The number of hydrogen-bond acceptors (Lipinski definition) is 4. The number of carbonyl (C=O) groups excluding carboxylic acids is 2. The zero-order valence-electron chi connectivity index (χ0n) is 16.1. The molecule has 2 aromatic rings. The quantitative estimate of drug-likeness (QED) is 0.697. The number of likely N-dealkylation sites (N-methyl/N-ethyl adjacent to an activating group) is 1. The van der Waals surface area contributed by atoms with E-state index in [0.29, 0.717) is 40.0 Å². The first-order valence-electron chi connectivity index (χ1n) is 9.49. The van der Waals surface area contributed by atoms with Gasteiger partial charge in [-0.1, -0.05) is 53.5 Å². The van der Waals surface area contributed by atoms with E-state index in [9.17, 15) is 9.59 Å². The van der Waals surface area contributed by atoms with E-state index in [0.717, 1.165) is 18.7 Å². The Kier molecular flexibility index (Phi) is 5.63. The molecule has 5 nitrogen and oxygen atoms in total. The van der Waals surface area contributed by atoms with Crippen molar-refractivity contribution in [2.24, 2.45) is 0 Å². The molecule has 0 radical (unpaired) electrons. The summed E-state index contributed by atoms with van der Waals surface area (Å²) >= 11 is 12.3. The minimum atomic E-state index is -0.300. The van der Waals surface area contributed by atoms with Crippen LogP contribution >= 0.6 is 23.2 Å². The van der Waals surface area contributed by atoms with Gasteiger partial charge >= 0.3 is 0 Å². The lowest BCUT2D eigenvalue weighted by atomic mass is 10.0. The zero-order chi connectivity index (χ0) is 20.5. The van der Waals surface area contributed by atoms with Crippen LogP contribution in [0.1, 0.15) is 11.1 Å². The summed E-state index contributed by atoms with van der Waals surface area (Å²) in [7, 11) is 2.05. The van der Waals surface area contributed by atoms with E-state index in [1.54, 1.807) is 30.3 Å². The molecule has 0 aromatic heterocycles. The van der Waals surface area contributed by atoms with Gasteiger partial charge in [0.1, 0.15) is 5.70 Å². The van der Waals surface area contributed by atoms with Crippen molar-refractivity contribution in [2.75, 3.05) is 33.2 Å². The van der Waals surface area contributed by atoms with Crippen molar-refractivity contribution in [1.29, 1.82) is 0 Å². The van der Waals surface area contributed by atoms with Gasteiger partial charge in [0.05, 0.1) is 12.1 Å². The van der Waals surface area contributed by atoms with Gasteiger partial charge in [0.25, 0.3) is 11.8 Å². The lowest BCUT2D eigenvalue weighted by Crippen LogP contribution is -2.46. The molecule has 0 spiro atoms. The largest absolute Gasteiger partial charge is 0.364 e. The molecule has 2 heterocycles. The van der Waals surface area contributed by atoms with Crippen LogP contribution in [0.15, 0.2) is 54.2 Å². The van der Waals surface area contributed by atoms with Crippen molar-refractivity contribution in [1.82, 2.24) is 14.7 Å². The van der Waals surface area contributed by atoms with E-state index < -0.39 is 0 Å². The van der Waals surface area contributed by atoms with Crippen LogP contribution in [0.5, 0.6) is 0 Å². The second kappa shape index (κ2) is 8.19. The number of hydrogen-bond donors (Lipinski definition) is 0. The number of imide groups is 1. The Hall–Kier alpha value is -2.34. The lowest BCUT2D eigenvalue weighted by Gasteiger charge is -2.34. The topological polar surface area (TPSA) is 43.9 Å². The Labute approximate surface area is 180 Å². The van der Waals surface area contributed by atoms with Crippen molar-refractivity contribution in [2.45, 2.75) is 6.54 Å². The smallest absolute Gasteiger partial charge is 0.278 e. The van der Waals surface area contributed by atoms with Crippen LogP contribution in [0.25, 0.3) is 5.57 Å². The molecular formula is C22H21Cl2N3O2. The Bertz CT molecular complexity index is 980. The summed E-state index contributed by atoms with van der Waals surface area (Å²) in [6.45, 7) is 3.21. The summed E-state index contributed by atoms with van der Waals surface area (Å²) in [4.78, 5) is 32.3. The van der Waals surface area contributed by atoms with Crippen LogP contribution in [0.2, 0.25) is 10.0 Å². The molecule has 2 aromatic carbocycles. The zero-order valence-corrected chi connectivity index (χ0v) is 17.6. The van der Waals surface area contributed by atoms with E-state index in [4.69, 9.17) is 23.2 Å². The molecular weight excluding hydrogens is 409 g/mol. The molecule has 2 aliphatic rings. The average molecular weight is 430 g/mol. The normalized spacial score (nSPS) is 18.2. The highest BCUT2D eigenvalue weighted by molar-refractivity contribution is 6.36. The molecule has 0 bridgehead atoms. The SMILES string of the molecule is CN1CCN(C2=C(c3ccc(Cl)cc3)C(=O)N(Cc3ccccc3Cl)C2=O)CC1. The molecule has 7 heteroatoms. The summed E-state index contributed by atoms with van der Waals surface area (Å²) in [5.74, 6) is -0.574. The molecule has 0 unspecified atom stereocenters. The van der Waals surface area contributed by atoms with Gasteiger partial charge in [-0.2, -0.15) is 0 Å². The molecule has 150 valence electrons. The molecule has 29 heavy (non-hydrogen) atoms. The summed E-state index contributed by atoms with van der Waals surface area (Å²) in [5, 5.41) is 1.12. The van der Waals surface area contributed by atoms with Crippen molar-refractivity contribution in [3.63, 3.8) is 0 Å². The van der Waals surface area contributed by atoms with Gasteiger partial charge in [-0.05, 0) is 36.4 Å². The molecule has 2 amide bonds. The minimum Gasteiger partial charge on any atom is -0.364 e. The van der Waals surface area contributed by atoms with E-state index in [1.807, 2.05) is 23.1 Å². The first-order valence-corrected chi connectivity index (χ1v) is 10.2. The summed E-state index contributed by atoms with van der Waals surface area (Å²) < 4.78 is 0. The first kappa shape index (κ1) is 20.0. The molecule has 1 fully saturated rings. The Morgan fingerprint density at radius 3 is 2.17 bits per heavy atom. The van der Waals surface area contributed by atoms with Crippen LogP contribution in [-0.2, 0) is 16.1 Å². The maximum Gasteiger partial charge on any atom is 0.278 e. The average Bonchev–Trinajstić information content (AvgIpc) is 2.96. The summed E-state index contributed by atoms with van der Waals surface area (Å²) in [5.41, 5.74) is 2.34. The number of rotatable bonds is 4. The lowest BCUT2D eigenvalue weighted by molar-refractivity contribution is -0.138. The first-order chi connectivity index (χ1) is 14.0. The van der Waals surface area contributed by atoms with Gasteiger partial charge in [-0.3, -0.25) is 14.5 Å². The van der Waals surface area contributed by atoms with Gasteiger partial charge in [-0.15, -0.1) is 0 Å². The van der Waals surface area contributed by atoms with Crippen molar-refractivity contribution in [3.05, 3.63) is 75.4 Å². The fourth-order valence-electron chi connectivity index (χ4n) is 3.70. The van der Waals surface area contributed by atoms with E-state index in [1.165, 1.54) is 4.90 Å². The second-order valence-electron chi connectivity index (χ2n) is 7.31. The van der Waals surface area contributed by atoms with Gasteiger partial charge in [0.15, 0.2) is 0 Å². The van der Waals surface area contributed by atoms with Gasteiger partial charge in [0, 0.05) is 36.2 Å². The highest BCUT2D eigenvalue weighted by Crippen LogP contribution is 2.34. The Morgan fingerprint density at radius 2 is 1.52 bits per heavy atom. The highest BCUT2D eigenvalue weighted by Gasteiger charge is 2.42. The molecule has 2 aliphatic heterocycles. The minimum absolute atomic E-state index is 0.145. The predicted molar refractivity (Wildman–Crippen MR) is 114 cm³/mol. The number of nitrogens with zero attached hydrogens (tertiary/aromatic N) is 3. The molecule has 0 aliphatic carbocycles. The van der Waals surface area contributed by atoms with E-state index in [2.05, 4.69) is 11.9 Å². The van der Waals surface area contributed by atoms with Gasteiger partial charge < -0.3 is 9.80 Å². The third kappa shape index (κ3) is 3.90. The molecule has 0 saturated carbocycles. The standard InChI is InChI=1S/C22H21Cl2N3O2/c1-25-10-12-26(13-11-25)20-19(15-6-8-17(23)9-7-15)21(28)27(22(20)29)14-16-4-2-3-5-18(16)24/h2-9H,10-14H2,1H3. The fraction of sp³-hybridized carbons (Fsp3) is 0.273. The third-order valence-electron chi connectivity index (χ3n) is 5.38. The number of amides is 2. The van der Waals surface area contributed by atoms with Gasteiger partial charge in [-0.25, -0.2) is 0 Å². The van der Waals surface area contributed by atoms with E-state index >= 15 is 0 Å².